The molecule has 0 fully saturated rings. The molecule has 4 rings (SSSR count). The average Bonchev–Trinajstić information content (AvgIpc) is 3.01. The Hall–Kier alpha value is -4.50. The van der Waals surface area contributed by atoms with E-state index in [-0.39, 0.29) is 35.4 Å². The van der Waals surface area contributed by atoms with Crippen molar-refractivity contribution >= 4 is 27.5 Å². The van der Waals surface area contributed by atoms with E-state index in [0.717, 1.165) is 38.7 Å². The molecule has 0 unspecified atom stereocenters. The predicted molar refractivity (Wildman–Crippen MR) is 176 cm³/mol. The monoisotopic (exact) mass is 629 g/mol. The van der Waals surface area contributed by atoms with Gasteiger partial charge in [0.2, 0.25) is 11.8 Å². The number of benzene rings is 4. The zero-order valence-electron chi connectivity index (χ0n) is 26.1. The second kappa shape index (κ2) is 15.0. The molecule has 9 heteroatoms. The number of hydrogen-bond acceptors (Lipinski definition) is 4. The van der Waals surface area contributed by atoms with Gasteiger partial charge in [-0.25, -0.2) is 12.8 Å². The van der Waals surface area contributed by atoms with Gasteiger partial charge in [-0.3, -0.25) is 13.9 Å². The van der Waals surface area contributed by atoms with Gasteiger partial charge in [0.25, 0.3) is 10.0 Å². The van der Waals surface area contributed by atoms with Crippen molar-refractivity contribution < 1.29 is 22.4 Å². The van der Waals surface area contributed by atoms with E-state index in [1.165, 1.54) is 29.2 Å². The number of sulfonamides is 1. The third kappa shape index (κ3) is 9.01. The molecule has 0 bridgehead atoms. The van der Waals surface area contributed by atoms with Crippen LogP contribution in [0.25, 0.3) is 0 Å². The Morgan fingerprint density at radius 2 is 1.44 bits per heavy atom. The lowest BCUT2D eigenvalue weighted by Crippen LogP contribution is -2.53. The summed E-state index contributed by atoms with van der Waals surface area (Å²) in [7, 11) is -4.26. The molecule has 0 aliphatic heterocycles. The Kier molecular flexibility index (Phi) is 11.1. The second-order valence-corrected chi connectivity index (χ2v) is 13.5. The molecule has 0 aromatic heterocycles. The lowest BCUT2D eigenvalue weighted by molar-refractivity contribution is -0.140. The molecule has 0 saturated carbocycles. The number of rotatable bonds is 13. The highest BCUT2D eigenvalue weighted by Crippen LogP contribution is 2.26. The van der Waals surface area contributed by atoms with Crippen LogP contribution in [-0.4, -0.2) is 44.3 Å². The molecule has 0 heterocycles. The highest BCUT2D eigenvalue weighted by molar-refractivity contribution is 7.92. The van der Waals surface area contributed by atoms with E-state index < -0.39 is 34.3 Å². The number of carbonyl (C=O) groups excluding carboxylic acids is 2. The number of amides is 2. The first-order valence-corrected chi connectivity index (χ1v) is 16.4. The van der Waals surface area contributed by atoms with Gasteiger partial charge in [-0.1, -0.05) is 91.7 Å². The third-order valence-corrected chi connectivity index (χ3v) is 9.18. The maximum atomic E-state index is 14.5. The summed E-state index contributed by atoms with van der Waals surface area (Å²) in [4.78, 5) is 29.7. The van der Waals surface area contributed by atoms with Crippen LogP contribution in [0.2, 0.25) is 0 Å². The second-order valence-electron chi connectivity index (χ2n) is 11.7. The molecule has 0 spiro atoms. The summed E-state index contributed by atoms with van der Waals surface area (Å²) in [6, 6.07) is 27.4. The van der Waals surface area contributed by atoms with E-state index in [1.54, 1.807) is 12.1 Å². The van der Waals surface area contributed by atoms with E-state index in [9.17, 15) is 22.4 Å². The number of anilines is 1. The maximum Gasteiger partial charge on any atom is 0.264 e. The van der Waals surface area contributed by atoms with Crippen LogP contribution < -0.4 is 9.62 Å². The zero-order chi connectivity index (χ0) is 32.6. The summed E-state index contributed by atoms with van der Waals surface area (Å²) in [5.41, 5.74) is 3.64. The van der Waals surface area contributed by atoms with E-state index in [0.29, 0.717) is 6.54 Å². The molecular formula is C36H40FN3O4S. The van der Waals surface area contributed by atoms with Gasteiger partial charge in [-0.05, 0) is 67.3 Å². The van der Waals surface area contributed by atoms with E-state index >= 15 is 0 Å². The SMILES string of the molecule is Cc1ccc(S(=O)(=O)N(CC(=O)N(Cc2cccc(C)c2)[C@@H](Cc2ccccc2)C(=O)NCC(C)C)c2ccc(F)cc2)cc1. The van der Waals surface area contributed by atoms with Crippen LogP contribution in [0.3, 0.4) is 0 Å². The summed E-state index contributed by atoms with van der Waals surface area (Å²) >= 11 is 0. The van der Waals surface area contributed by atoms with Gasteiger partial charge < -0.3 is 10.2 Å². The van der Waals surface area contributed by atoms with Crippen molar-refractivity contribution in [1.29, 1.82) is 0 Å². The topological polar surface area (TPSA) is 86.8 Å². The smallest absolute Gasteiger partial charge is 0.264 e. The van der Waals surface area contributed by atoms with Gasteiger partial charge in [0, 0.05) is 19.5 Å². The Labute approximate surface area is 265 Å². The fourth-order valence-corrected chi connectivity index (χ4v) is 6.37. The summed E-state index contributed by atoms with van der Waals surface area (Å²) in [5, 5.41) is 2.98. The average molecular weight is 630 g/mol. The lowest BCUT2D eigenvalue weighted by Gasteiger charge is -2.34. The number of hydrogen-bond donors (Lipinski definition) is 1. The van der Waals surface area contributed by atoms with E-state index in [2.05, 4.69) is 5.32 Å². The Morgan fingerprint density at radius 3 is 2.07 bits per heavy atom. The number of aryl methyl sites for hydroxylation is 2. The van der Waals surface area contributed by atoms with Gasteiger partial charge in [-0.15, -0.1) is 0 Å². The Balaban J connectivity index is 1.79. The van der Waals surface area contributed by atoms with Crippen molar-refractivity contribution in [2.75, 3.05) is 17.4 Å². The van der Waals surface area contributed by atoms with Crippen molar-refractivity contribution in [3.63, 3.8) is 0 Å². The number of halogens is 1. The molecule has 2 amide bonds. The molecule has 1 atom stereocenters. The number of nitrogens with one attached hydrogen (secondary N) is 1. The van der Waals surface area contributed by atoms with Crippen LogP contribution in [0.4, 0.5) is 10.1 Å². The predicted octanol–water partition coefficient (Wildman–Crippen LogP) is 6.05. The van der Waals surface area contributed by atoms with Crippen molar-refractivity contribution in [3.8, 4) is 0 Å². The number of nitrogens with zero attached hydrogens (tertiary/aromatic N) is 2. The summed E-state index contributed by atoms with van der Waals surface area (Å²) < 4.78 is 43.0. The first-order chi connectivity index (χ1) is 21.4. The highest BCUT2D eigenvalue weighted by atomic mass is 32.2. The third-order valence-electron chi connectivity index (χ3n) is 7.39. The summed E-state index contributed by atoms with van der Waals surface area (Å²) in [6.07, 6.45) is 0.226. The van der Waals surface area contributed by atoms with Crippen LogP contribution in [0.5, 0.6) is 0 Å². The standard InChI is InChI=1S/C36H40FN3O4S/c1-26(2)23-38-36(42)34(22-29-10-6-5-7-11-29)39(24-30-12-8-9-28(4)21-30)35(41)25-40(32-17-15-31(37)16-18-32)45(43,44)33-19-13-27(3)14-20-33/h5-21,26,34H,22-25H2,1-4H3,(H,38,42)/t34-/m0/s1. The van der Waals surface area contributed by atoms with Crippen molar-refractivity contribution in [3.05, 3.63) is 131 Å². The Morgan fingerprint density at radius 1 is 0.800 bits per heavy atom. The molecule has 1 N–H and O–H groups in total. The van der Waals surface area contributed by atoms with Gasteiger partial charge in [-0.2, -0.15) is 0 Å². The minimum absolute atomic E-state index is 0.00836. The zero-order valence-corrected chi connectivity index (χ0v) is 26.9. The fraction of sp³-hybridized carbons (Fsp3) is 0.278. The molecule has 0 saturated heterocycles. The quantitative estimate of drug-likeness (QED) is 0.195. The molecule has 7 nitrogen and oxygen atoms in total. The molecule has 0 aliphatic carbocycles. The summed E-state index contributed by atoms with van der Waals surface area (Å²) in [6.45, 7) is 7.65. The van der Waals surface area contributed by atoms with E-state index in [1.807, 2.05) is 82.3 Å². The van der Waals surface area contributed by atoms with Crippen molar-refractivity contribution in [2.45, 2.75) is 51.6 Å². The number of carbonyl (C=O) groups is 2. The first-order valence-electron chi connectivity index (χ1n) is 15.0. The van der Waals surface area contributed by atoms with Gasteiger partial charge in [0.05, 0.1) is 10.6 Å². The lowest BCUT2D eigenvalue weighted by atomic mass is 10.0. The van der Waals surface area contributed by atoms with Crippen LogP contribution in [-0.2, 0) is 32.6 Å². The van der Waals surface area contributed by atoms with Crippen LogP contribution in [0.1, 0.15) is 36.1 Å². The first kappa shape index (κ1) is 33.4. The van der Waals surface area contributed by atoms with Crippen molar-refractivity contribution in [1.82, 2.24) is 10.2 Å². The minimum Gasteiger partial charge on any atom is -0.354 e. The van der Waals surface area contributed by atoms with Crippen molar-refractivity contribution in [2.24, 2.45) is 5.92 Å². The van der Waals surface area contributed by atoms with E-state index in [4.69, 9.17) is 0 Å². The maximum absolute atomic E-state index is 14.5. The normalized spacial score (nSPS) is 12.0. The Bertz CT molecular complexity index is 1690. The molecule has 4 aromatic rings. The summed E-state index contributed by atoms with van der Waals surface area (Å²) in [5.74, 6) is -1.26. The molecule has 0 aliphatic rings. The largest absolute Gasteiger partial charge is 0.354 e. The molecular weight excluding hydrogens is 589 g/mol. The molecule has 45 heavy (non-hydrogen) atoms. The minimum atomic E-state index is -4.26. The molecule has 4 aromatic carbocycles. The van der Waals surface area contributed by atoms with Gasteiger partial charge >= 0.3 is 0 Å². The van der Waals surface area contributed by atoms with Crippen LogP contribution in [0.15, 0.2) is 108 Å². The molecule has 236 valence electrons. The molecule has 0 radical (unpaired) electrons. The van der Waals surface area contributed by atoms with Gasteiger partial charge in [0.15, 0.2) is 0 Å². The van der Waals surface area contributed by atoms with Crippen LogP contribution >= 0.6 is 0 Å². The van der Waals surface area contributed by atoms with Crippen LogP contribution in [0, 0.1) is 25.6 Å². The fourth-order valence-electron chi connectivity index (χ4n) is 4.96. The highest BCUT2D eigenvalue weighted by Gasteiger charge is 2.34. The van der Waals surface area contributed by atoms with Gasteiger partial charge in [0.1, 0.15) is 18.4 Å².